The van der Waals surface area contributed by atoms with Crippen LogP contribution in [0, 0.1) is 0 Å². The van der Waals surface area contributed by atoms with Crippen molar-refractivity contribution in [3.8, 4) is 0 Å². The largest absolute Gasteiger partial charge is 0.300 e. The quantitative estimate of drug-likeness (QED) is 0.724. The molecule has 11 heavy (non-hydrogen) atoms. The molecule has 0 aliphatic carbocycles. The van der Waals surface area contributed by atoms with Crippen molar-refractivity contribution in [2.75, 3.05) is 0 Å². The Morgan fingerprint density at radius 2 is 2.36 bits per heavy atom. The number of nitrogens with zero attached hydrogens (tertiary/aromatic N) is 1. The van der Waals surface area contributed by atoms with Gasteiger partial charge in [-0.3, -0.25) is 0 Å². The third kappa shape index (κ3) is 1.22. The normalized spacial score (nSPS) is 13.9. The first-order valence-electron chi connectivity index (χ1n) is 2.71. The summed E-state index contributed by atoms with van der Waals surface area (Å²) in [4.78, 5) is 3.95. The Kier molecular flexibility index (Phi) is 1.76. The molecule has 0 aliphatic rings. The summed E-state index contributed by atoms with van der Waals surface area (Å²) in [5, 5.41) is 3.78. The number of thiazole rings is 1. The molecule has 0 aliphatic heterocycles. The second-order valence-corrected chi connectivity index (χ2v) is 4.77. The highest BCUT2D eigenvalue weighted by molar-refractivity contribution is 7.81. The van der Waals surface area contributed by atoms with Gasteiger partial charge in [-0.05, 0) is 0 Å². The van der Waals surface area contributed by atoms with E-state index in [1.54, 1.807) is 11.3 Å². The molecule has 2 aromatic rings. The number of rotatable bonds is 1. The predicted molar refractivity (Wildman–Crippen MR) is 46.5 cm³/mol. The highest BCUT2D eigenvalue weighted by atomic mass is 32.2. The molecule has 0 radical (unpaired) electrons. The monoisotopic (exact) mass is 205 g/mol. The lowest BCUT2D eigenvalue weighted by molar-refractivity contribution is 0.564. The van der Waals surface area contributed by atoms with E-state index < -0.39 is 11.1 Å². The molecule has 0 saturated heterocycles. The lowest BCUT2D eigenvalue weighted by atomic mass is 10.6. The van der Waals surface area contributed by atoms with E-state index in [-0.39, 0.29) is 4.34 Å². The van der Waals surface area contributed by atoms with Crippen LogP contribution in [0.1, 0.15) is 0 Å². The van der Waals surface area contributed by atoms with Crippen LogP contribution in [0.2, 0.25) is 0 Å². The van der Waals surface area contributed by atoms with Crippen LogP contribution in [0.4, 0.5) is 0 Å². The fourth-order valence-corrected chi connectivity index (χ4v) is 3.05. The maximum Gasteiger partial charge on any atom is 0.216 e. The molecule has 2 rings (SSSR count). The topological polar surface area (TPSA) is 50.2 Å². The SMILES string of the molecule is O=S(O)c1nc2cscc2s1. The van der Waals surface area contributed by atoms with Crippen molar-refractivity contribution in [2.24, 2.45) is 0 Å². The Hall–Kier alpha value is -0.300. The Labute approximate surface area is 73.0 Å². The first-order valence-corrected chi connectivity index (χ1v) is 5.57. The molecule has 1 N–H and O–H groups in total. The van der Waals surface area contributed by atoms with Gasteiger partial charge in [-0.1, -0.05) is 0 Å². The van der Waals surface area contributed by atoms with Crippen molar-refractivity contribution in [1.29, 1.82) is 0 Å². The number of hydrogen-bond acceptors (Lipinski definition) is 4. The summed E-state index contributed by atoms with van der Waals surface area (Å²) in [6.45, 7) is 0. The van der Waals surface area contributed by atoms with Crippen LogP contribution in [-0.4, -0.2) is 13.7 Å². The third-order valence-electron chi connectivity index (χ3n) is 1.17. The second-order valence-electron chi connectivity index (χ2n) is 1.85. The first-order chi connectivity index (χ1) is 5.27. The Balaban J connectivity index is 2.67. The average Bonchev–Trinajstić information content (AvgIpc) is 2.40. The van der Waals surface area contributed by atoms with Gasteiger partial charge in [0.05, 0.1) is 10.2 Å². The molecule has 0 fully saturated rings. The zero-order valence-electron chi connectivity index (χ0n) is 5.18. The smallest absolute Gasteiger partial charge is 0.216 e. The zero-order valence-corrected chi connectivity index (χ0v) is 7.63. The van der Waals surface area contributed by atoms with Crippen LogP contribution >= 0.6 is 22.7 Å². The van der Waals surface area contributed by atoms with E-state index in [1.807, 2.05) is 10.8 Å². The molecule has 58 valence electrons. The van der Waals surface area contributed by atoms with E-state index >= 15 is 0 Å². The summed E-state index contributed by atoms with van der Waals surface area (Å²) >= 11 is 0.881. The summed E-state index contributed by atoms with van der Waals surface area (Å²) in [6.07, 6.45) is 0. The van der Waals surface area contributed by atoms with Gasteiger partial charge in [0, 0.05) is 10.8 Å². The standard InChI is InChI=1S/C5H3NO2S3/c7-11(8)5-6-3-1-9-2-4(3)10-5/h1-2H,(H,7,8). The van der Waals surface area contributed by atoms with Crippen molar-refractivity contribution in [3.05, 3.63) is 10.8 Å². The van der Waals surface area contributed by atoms with Gasteiger partial charge >= 0.3 is 0 Å². The molecule has 6 heteroatoms. The minimum absolute atomic E-state index is 0.280. The molecule has 0 spiro atoms. The molecule has 2 aromatic heterocycles. The number of hydrogen-bond donors (Lipinski definition) is 1. The van der Waals surface area contributed by atoms with Crippen molar-refractivity contribution in [2.45, 2.75) is 4.34 Å². The molecule has 0 aromatic carbocycles. The van der Waals surface area contributed by atoms with Crippen LogP contribution in [-0.2, 0) is 11.1 Å². The van der Waals surface area contributed by atoms with Gasteiger partial charge in [-0.2, -0.15) is 0 Å². The molecule has 0 amide bonds. The predicted octanol–water partition coefficient (Wildman–Crippen LogP) is 1.94. The number of thiophene rings is 1. The van der Waals surface area contributed by atoms with Gasteiger partial charge in [-0.15, -0.1) is 22.7 Å². The van der Waals surface area contributed by atoms with Crippen LogP contribution < -0.4 is 0 Å². The molecule has 1 atom stereocenters. The van der Waals surface area contributed by atoms with Crippen LogP contribution in [0.15, 0.2) is 15.1 Å². The zero-order chi connectivity index (χ0) is 7.84. The average molecular weight is 205 g/mol. The van der Waals surface area contributed by atoms with Gasteiger partial charge in [-0.25, -0.2) is 9.19 Å². The second kappa shape index (κ2) is 2.63. The lowest BCUT2D eigenvalue weighted by Gasteiger charge is -1.79. The summed E-state index contributed by atoms with van der Waals surface area (Å²) in [5.41, 5.74) is 0.817. The van der Waals surface area contributed by atoms with Gasteiger partial charge in [0.15, 0.2) is 0 Å². The molecule has 1 unspecified atom stereocenters. The fourth-order valence-electron chi connectivity index (χ4n) is 0.726. The van der Waals surface area contributed by atoms with Crippen LogP contribution in [0.25, 0.3) is 10.2 Å². The Morgan fingerprint density at radius 1 is 1.55 bits per heavy atom. The maximum absolute atomic E-state index is 10.5. The van der Waals surface area contributed by atoms with E-state index in [9.17, 15) is 4.21 Å². The van der Waals surface area contributed by atoms with Crippen molar-refractivity contribution in [1.82, 2.24) is 4.98 Å². The molecule has 2 heterocycles. The van der Waals surface area contributed by atoms with Gasteiger partial charge in [0.1, 0.15) is 0 Å². The Bertz CT molecular complexity index is 376. The lowest BCUT2D eigenvalue weighted by Crippen LogP contribution is -1.84. The van der Waals surface area contributed by atoms with E-state index in [1.165, 1.54) is 11.3 Å². The van der Waals surface area contributed by atoms with Crippen LogP contribution in [0.5, 0.6) is 0 Å². The molecular weight excluding hydrogens is 202 g/mol. The summed E-state index contributed by atoms with van der Waals surface area (Å²) in [5.74, 6) is 0. The van der Waals surface area contributed by atoms with E-state index in [4.69, 9.17) is 4.55 Å². The third-order valence-corrected chi connectivity index (χ3v) is 3.93. The highest BCUT2D eigenvalue weighted by Gasteiger charge is 2.07. The van der Waals surface area contributed by atoms with Gasteiger partial charge < -0.3 is 4.55 Å². The van der Waals surface area contributed by atoms with Crippen molar-refractivity contribution < 1.29 is 8.76 Å². The number of fused-ring (bicyclic) bond motifs is 1. The fraction of sp³-hybridized carbons (Fsp3) is 0. The summed E-state index contributed by atoms with van der Waals surface area (Å²) < 4.78 is 20.5. The number of aromatic nitrogens is 1. The van der Waals surface area contributed by atoms with Gasteiger partial charge in [0.2, 0.25) is 15.4 Å². The molecule has 3 nitrogen and oxygen atoms in total. The highest BCUT2D eigenvalue weighted by Crippen LogP contribution is 2.26. The van der Waals surface area contributed by atoms with E-state index in [0.717, 1.165) is 10.2 Å². The van der Waals surface area contributed by atoms with Crippen LogP contribution in [0.3, 0.4) is 0 Å². The molecule has 0 bridgehead atoms. The van der Waals surface area contributed by atoms with E-state index in [2.05, 4.69) is 4.98 Å². The van der Waals surface area contributed by atoms with E-state index in [0.29, 0.717) is 0 Å². The van der Waals surface area contributed by atoms with Crippen molar-refractivity contribution >= 4 is 44.0 Å². The van der Waals surface area contributed by atoms with Crippen molar-refractivity contribution in [3.63, 3.8) is 0 Å². The minimum Gasteiger partial charge on any atom is -0.300 e. The maximum atomic E-state index is 10.5. The first kappa shape index (κ1) is 7.35. The van der Waals surface area contributed by atoms with Gasteiger partial charge in [0.25, 0.3) is 0 Å². The molecule has 0 saturated carbocycles. The minimum atomic E-state index is -1.93. The Morgan fingerprint density at radius 3 is 3.00 bits per heavy atom. The summed E-state index contributed by atoms with van der Waals surface area (Å²) in [6, 6.07) is 0. The molecular formula is C5H3NO2S3. The summed E-state index contributed by atoms with van der Waals surface area (Å²) in [7, 11) is 0.